The summed E-state index contributed by atoms with van der Waals surface area (Å²) < 4.78 is 0. The minimum absolute atomic E-state index is 0.0213. The number of aromatic hydroxyl groups is 1. The minimum Gasteiger partial charge on any atom is -0.508 e. The normalized spacial score (nSPS) is 21.4. The van der Waals surface area contributed by atoms with Gasteiger partial charge in [-0.05, 0) is 74.0 Å². The van der Waals surface area contributed by atoms with Gasteiger partial charge in [0.15, 0.2) is 5.78 Å². The van der Waals surface area contributed by atoms with E-state index < -0.39 is 0 Å². The van der Waals surface area contributed by atoms with Crippen LogP contribution < -0.4 is 5.73 Å². The molecular weight excluding hydrogens is 398 g/mol. The molecule has 4 N–H and O–H groups in total. The first-order valence-corrected chi connectivity index (χ1v) is 11.9. The molecule has 166 valence electrons. The number of ketones is 1. The highest BCUT2D eigenvalue weighted by Crippen LogP contribution is 2.47. The maximum atomic E-state index is 13.6. The van der Waals surface area contributed by atoms with Crippen molar-refractivity contribution in [3.05, 3.63) is 58.3 Å². The Morgan fingerprint density at radius 1 is 1.09 bits per heavy atom. The molecule has 0 bridgehead atoms. The number of nitrogens with one attached hydrogen (secondary N) is 1. The summed E-state index contributed by atoms with van der Waals surface area (Å²) in [5, 5.41) is 11.9. The fraction of sp³-hybridized carbons (Fsp3) is 0.444. The number of nitrogen functional groups attached to an aromatic ring is 1. The second kappa shape index (κ2) is 6.85. The molecule has 2 aliphatic carbocycles. The van der Waals surface area contributed by atoms with Crippen molar-refractivity contribution in [1.29, 1.82) is 0 Å². The zero-order chi connectivity index (χ0) is 22.2. The number of piperidine rings is 1. The Balaban J connectivity index is 1.40. The number of phenolic OH excluding ortho intramolecular Hbond substituents is 1. The fourth-order valence-corrected chi connectivity index (χ4v) is 6.15. The summed E-state index contributed by atoms with van der Waals surface area (Å²) in [4.78, 5) is 19.7. The lowest BCUT2D eigenvalue weighted by atomic mass is 9.70. The van der Waals surface area contributed by atoms with Crippen LogP contribution in [0.2, 0.25) is 0 Å². The molecule has 0 atom stereocenters. The molecule has 32 heavy (non-hydrogen) atoms. The van der Waals surface area contributed by atoms with Gasteiger partial charge >= 0.3 is 0 Å². The highest BCUT2D eigenvalue weighted by molar-refractivity contribution is 6.20. The first-order chi connectivity index (χ1) is 15.3. The van der Waals surface area contributed by atoms with E-state index in [2.05, 4.69) is 29.8 Å². The van der Waals surface area contributed by atoms with Gasteiger partial charge < -0.3 is 20.7 Å². The highest BCUT2D eigenvalue weighted by Gasteiger charge is 2.41. The molecule has 0 amide bonds. The second-order valence-electron chi connectivity index (χ2n) is 10.5. The molecule has 1 saturated heterocycles. The number of aromatic amines is 1. The van der Waals surface area contributed by atoms with Crippen molar-refractivity contribution in [2.45, 2.75) is 63.3 Å². The third kappa shape index (κ3) is 2.77. The summed E-state index contributed by atoms with van der Waals surface area (Å²) >= 11 is 0. The van der Waals surface area contributed by atoms with Crippen molar-refractivity contribution in [3.63, 3.8) is 0 Å². The summed E-state index contributed by atoms with van der Waals surface area (Å²) in [7, 11) is 0. The van der Waals surface area contributed by atoms with Crippen molar-refractivity contribution in [1.82, 2.24) is 9.88 Å². The number of carbonyl (C=O) groups excluding carboxylic acids is 1. The van der Waals surface area contributed by atoms with E-state index in [0.717, 1.165) is 59.7 Å². The zero-order valence-electron chi connectivity index (χ0n) is 18.9. The minimum atomic E-state index is -0.374. The molecule has 2 aromatic carbocycles. The van der Waals surface area contributed by atoms with Crippen LogP contribution in [-0.2, 0) is 5.41 Å². The molecule has 0 unspecified atom stereocenters. The predicted molar refractivity (Wildman–Crippen MR) is 128 cm³/mol. The molecule has 3 aliphatic rings. The van der Waals surface area contributed by atoms with Gasteiger partial charge in [-0.15, -0.1) is 0 Å². The SMILES string of the molecule is CC1(C)c2cc(C3CCN(C4CCC4)CC3)c(O)cc2C(=O)c2c1[nH]c1cc(N)ccc21. The van der Waals surface area contributed by atoms with Gasteiger partial charge in [0.05, 0.1) is 5.56 Å². The Kier molecular flexibility index (Phi) is 4.25. The molecule has 2 fully saturated rings. The van der Waals surface area contributed by atoms with E-state index in [-0.39, 0.29) is 16.9 Å². The number of hydrogen-bond donors (Lipinski definition) is 3. The molecule has 1 aliphatic heterocycles. The summed E-state index contributed by atoms with van der Waals surface area (Å²) in [6.07, 6.45) is 6.16. The van der Waals surface area contributed by atoms with Crippen LogP contribution in [0.4, 0.5) is 5.69 Å². The van der Waals surface area contributed by atoms with Gasteiger partial charge in [-0.3, -0.25) is 4.79 Å². The number of carbonyl (C=O) groups is 1. The molecule has 5 nitrogen and oxygen atoms in total. The monoisotopic (exact) mass is 429 g/mol. The Morgan fingerprint density at radius 3 is 2.53 bits per heavy atom. The van der Waals surface area contributed by atoms with E-state index in [4.69, 9.17) is 5.73 Å². The van der Waals surface area contributed by atoms with Gasteiger partial charge in [-0.25, -0.2) is 0 Å². The Labute approximate surface area is 188 Å². The van der Waals surface area contributed by atoms with Crippen molar-refractivity contribution >= 4 is 22.4 Å². The van der Waals surface area contributed by atoms with Crippen LogP contribution in [0.25, 0.3) is 10.9 Å². The third-order valence-electron chi connectivity index (χ3n) is 8.32. The smallest absolute Gasteiger partial charge is 0.195 e. The molecular formula is C27H31N3O2. The second-order valence-corrected chi connectivity index (χ2v) is 10.5. The van der Waals surface area contributed by atoms with Crippen molar-refractivity contribution in [2.24, 2.45) is 0 Å². The van der Waals surface area contributed by atoms with Gasteiger partial charge in [0, 0.05) is 39.3 Å². The van der Waals surface area contributed by atoms with Gasteiger partial charge in [-0.1, -0.05) is 32.4 Å². The van der Waals surface area contributed by atoms with E-state index in [1.54, 1.807) is 6.07 Å². The number of anilines is 1. The van der Waals surface area contributed by atoms with Crippen molar-refractivity contribution < 1.29 is 9.90 Å². The lowest BCUT2D eigenvalue weighted by Gasteiger charge is -2.42. The number of nitrogens with two attached hydrogens (primary N) is 1. The molecule has 6 rings (SSSR count). The number of fused-ring (bicyclic) bond motifs is 4. The topological polar surface area (TPSA) is 82.3 Å². The Morgan fingerprint density at radius 2 is 1.84 bits per heavy atom. The van der Waals surface area contributed by atoms with Crippen LogP contribution in [-0.4, -0.2) is 39.9 Å². The number of phenols is 1. The Hall–Kier alpha value is -2.79. The molecule has 1 saturated carbocycles. The van der Waals surface area contributed by atoms with E-state index >= 15 is 0 Å². The first kappa shape index (κ1) is 19.9. The number of nitrogens with zero attached hydrogens (tertiary/aromatic N) is 1. The van der Waals surface area contributed by atoms with Crippen LogP contribution in [0.5, 0.6) is 5.75 Å². The highest BCUT2D eigenvalue weighted by atomic mass is 16.3. The van der Waals surface area contributed by atoms with Gasteiger partial charge in [0.2, 0.25) is 0 Å². The van der Waals surface area contributed by atoms with Crippen molar-refractivity contribution in [3.8, 4) is 5.75 Å². The van der Waals surface area contributed by atoms with Gasteiger partial charge in [0.1, 0.15) is 5.75 Å². The molecule has 3 aromatic rings. The fourth-order valence-electron chi connectivity index (χ4n) is 6.15. The van der Waals surface area contributed by atoms with Crippen LogP contribution in [0.15, 0.2) is 30.3 Å². The van der Waals surface area contributed by atoms with E-state index in [9.17, 15) is 9.90 Å². The number of rotatable bonds is 2. The predicted octanol–water partition coefficient (Wildman–Crippen LogP) is 5.06. The number of hydrogen-bond acceptors (Lipinski definition) is 4. The number of likely N-dealkylation sites (tertiary alicyclic amines) is 1. The summed E-state index contributed by atoms with van der Waals surface area (Å²) in [6, 6.07) is 10.3. The lowest BCUT2D eigenvalue weighted by molar-refractivity contribution is 0.0971. The summed E-state index contributed by atoms with van der Waals surface area (Å²) in [5.74, 6) is 0.584. The largest absolute Gasteiger partial charge is 0.508 e. The number of H-pyrrole nitrogens is 1. The van der Waals surface area contributed by atoms with E-state index in [1.807, 2.05) is 18.2 Å². The molecule has 0 spiro atoms. The molecule has 0 radical (unpaired) electrons. The van der Waals surface area contributed by atoms with Crippen LogP contribution >= 0.6 is 0 Å². The molecule has 5 heteroatoms. The number of benzene rings is 2. The average molecular weight is 430 g/mol. The zero-order valence-corrected chi connectivity index (χ0v) is 18.9. The lowest BCUT2D eigenvalue weighted by Crippen LogP contribution is -2.44. The maximum absolute atomic E-state index is 13.6. The molecule has 2 heterocycles. The van der Waals surface area contributed by atoms with Crippen LogP contribution in [0.1, 0.15) is 84.6 Å². The maximum Gasteiger partial charge on any atom is 0.195 e. The van der Waals surface area contributed by atoms with Crippen LogP contribution in [0, 0.1) is 0 Å². The molecule has 1 aromatic heterocycles. The van der Waals surface area contributed by atoms with Crippen molar-refractivity contribution in [2.75, 3.05) is 18.8 Å². The summed E-state index contributed by atoms with van der Waals surface area (Å²) in [5.41, 5.74) is 11.4. The van der Waals surface area contributed by atoms with Crippen LogP contribution in [0.3, 0.4) is 0 Å². The number of aromatic nitrogens is 1. The van der Waals surface area contributed by atoms with E-state index in [0.29, 0.717) is 22.7 Å². The third-order valence-corrected chi connectivity index (χ3v) is 8.32. The van der Waals surface area contributed by atoms with E-state index in [1.165, 1.54) is 19.3 Å². The van der Waals surface area contributed by atoms with Gasteiger partial charge in [0.25, 0.3) is 0 Å². The summed E-state index contributed by atoms with van der Waals surface area (Å²) in [6.45, 7) is 6.52. The average Bonchev–Trinajstić information content (AvgIpc) is 3.11. The Bertz CT molecular complexity index is 1240. The first-order valence-electron chi connectivity index (χ1n) is 11.9. The standard InChI is InChI=1S/C27H31N3O2/c1-27(2)21-13-19(15-8-10-30(11-9-15)17-4-3-5-17)23(31)14-20(21)25(32)24-18-7-6-16(28)12-22(18)29-26(24)27/h6-7,12-15,17,29,31H,3-5,8-11,28H2,1-2H3. The quantitative estimate of drug-likeness (QED) is 0.498. The van der Waals surface area contributed by atoms with Gasteiger partial charge in [-0.2, -0.15) is 0 Å².